The van der Waals surface area contributed by atoms with Crippen molar-refractivity contribution in [2.75, 3.05) is 12.3 Å². The third-order valence-electron chi connectivity index (χ3n) is 3.67. The first-order chi connectivity index (χ1) is 12.4. The lowest BCUT2D eigenvalue weighted by atomic mass is 10.1. The maximum atomic E-state index is 12.1. The van der Waals surface area contributed by atoms with Gasteiger partial charge >= 0.3 is 0 Å². The third kappa shape index (κ3) is 5.29. The minimum atomic E-state index is -0.579. The number of thioether (sulfide) groups is 1. The van der Waals surface area contributed by atoms with Gasteiger partial charge in [0.05, 0.1) is 11.4 Å². The average Bonchev–Trinajstić information content (AvgIpc) is 3.06. The summed E-state index contributed by atoms with van der Waals surface area (Å²) >= 11 is 1.22. The van der Waals surface area contributed by atoms with Crippen LogP contribution in [0.3, 0.4) is 0 Å². The molecule has 1 aromatic carbocycles. The fourth-order valence-corrected chi connectivity index (χ4v) is 3.04. The molecule has 1 atom stereocenters. The number of nitrogens with one attached hydrogen (secondary N) is 2. The smallest absolute Gasteiger partial charge is 0.242 e. The first kappa shape index (κ1) is 19.9. The van der Waals surface area contributed by atoms with Gasteiger partial charge in [0.1, 0.15) is 6.04 Å². The molecule has 1 aromatic heterocycles. The predicted octanol–water partition coefficient (Wildman–Crippen LogP) is 1.40. The molecule has 0 radical (unpaired) electrons. The second-order valence-electron chi connectivity index (χ2n) is 6.03. The molecule has 0 bridgehead atoms. The molecule has 1 heterocycles. The molecule has 8 nitrogen and oxygen atoms in total. The lowest BCUT2D eigenvalue weighted by Crippen LogP contribution is -2.45. The quantitative estimate of drug-likeness (QED) is 0.675. The molecule has 0 fully saturated rings. The maximum Gasteiger partial charge on any atom is 0.242 e. The van der Waals surface area contributed by atoms with Crippen molar-refractivity contribution in [1.29, 1.82) is 0 Å². The van der Waals surface area contributed by atoms with Gasteiger partial charge in [-0.25, -0.2) is 0 Å². The van der Waals surface area contributed by atoms with Crippen LogP contribution in [-0.2, 0) is 9.59 Å². The van der Waals surface area contributed by atoms with E-state index in [1.165, 1.54) is 11.8 Å². The number of carbonyl (C=O) groups is 2. The van der Waals surface area contributed by atoms with Gasteiger partial charge in [-0.1, -0.05) is 36.4 Å². The summed E-state index contributed by atoms with van der Waals surface area (Å²) in [4.78, 5) is 23.9. The molecule has 0 saturated heterocycles. The number of aryl methyl sites for hydroxylation is 2. The van der Waals surface area contributed by atoms with Crippen molar-refractivity contribution in [3.63, 3.8) is 0 Å². The Kier molecular flexibility index (Phi) is 7.14. The number of amides is 2. The topological polar surface area (TPSA) is 102 Å². The molecule has 2 aromatic rings. The molecule has 9 heteroatoms. The molecular weight excluding hydrogens is 352 g/mol. The van der Waals surface area contributed by atoms with E-state index in [0.29, 0.717) is 11.7 Å². The van der Waals surface area contributed by atoms with Gasteiger partial charge in [0.2, 0.25) is 17.0 Å². The van der Waals surface area contributed by atoms with Crippen LogP contribution >= 0.6 is 11.8 Å². The highest BCUT2D eigenvalue weighted by molar-refractivity contribution is 7.99. The van der Waals surface area contributed by atoms with Gasteiger partial charge < -0.3 is 10.6 Å². The highest BCUT2D eigenvalue weighted by Gasteiger charge is 2.17. The molecular formula is C17H24N6O2S. The monoisotopic (exact) mass is 376 g/mol. The van der Waals surface area contributed by atoms with E-state index in [1.54, 1.807) is 11.6 Å². The molecule has 140 valence electrons. The number of hydrogen-bond acceptors (Lipinski definition) is 6. The summed E-state index contributed by atoms with van der Waals surface area (Å²) in [6.45, 7) is 8.24. The van der Waals surface area contributed by atoms with Gasteiger partial charge in [-0.05, 0) is 49.2 Å². The second-order valence-corrected chi connectivity index (χ2v) is 6.97. The number of rotatable bonds is 8. The van der Waals surface area contributed by atoms with Crippen molar-refractivity contribution in [3.8, 4) is 5.69 Å². The summed E-state index contributed by atoms with van der Waals surface area (Å²) in [5, 5.41) is 17.7. The largest absolute Gasteiger partial charge is 0.354 e. The Hall–Kier alpha value is -2.42. The molecule has 0 spiro atoms. The number of tetrazole rings is 1. The number of nitrogens with zero attached hydrogens (tertiary/aromatic N) is 4. The normalized spacial score (nSPS) is 11.8. The van der Waals surface area contributed by atoms with Crippen LogP contribution in [-0.4, -0.2) is 50.4 Å². The number of hydrogen-bond donors (Lipinski definition) is 2. The molecule has 0 aliphatic rings. The van der Waals surface area contributed by atoms with E-state index in [0.717, 1.165) is 23.2 Å². The van der Waals surface area contributed by atoms with E-state index in [-0.39, 0.29) is 17.6 Å². The summed E-state index contributed by atoms with van der Waals surface area (Å²) in [5.74, 6) is -0.314. The zero-order chi connectivity index (χ0) is 19.1. The molecule has 2 rings (SSSR count). The molecule has 0 unspecified atom stereocenters. The van der Waals surface area contributed by atoms with Crippen molar-refractivity contribution in [1.82, 2.24) is 30.8 Å². The fraction of sp³-hybridized carbons (Fsp3) is 0.471. The summed E-state index contributed by atoms with van der Waals surface area (Å²) in [6.07, 6.45) is 0.851. The summed E-state index contributed by atoms with van der Waals surface area (Å²) in [5.41, 5.74) is 3.07. The zero-order valence-electron chi connectivity index (χ0n) is 15.4. The summed E-state index contributed by atoms with van der Waals surface area (Å²) in [6, 6.07) is 5.41. The van der Waals surface area contributed by atoms with Crippen LogP contribution in [0.2, 0.25) is 0 Å². The first-order valence-corrected chi connectivity index (χ1v) is 9.46. The molecule has 2 amide bonds. The predicted molar refractivity (Wildman–Crippen MR) is 100 cm³/mol. The molecule has 0 aliphatic heterocycles. The van der Waals surface area contributed by atoms with Gasteiger partial charge in [0.15, 0.2) is 0 Å². The van der Waals surface area contributed by atoms with E-state index in [1.807, 2.05) is 32.9 Å². The zero-order valence-corrected chi connectivity index (χ0v) is 16.3. The van der Waals surface area contributed by atoms with Crippen molar-refractivity contribution in [3.05, 3.63) is 29.3 Å². The van der Waals surface area contributed by atoms with Gasteiger partial charge in [0, 0.05) is 6.54 Å². The number of carbonyl (C=O) groups excluding carboxylic acids is 2. The van der Waals surface area contributed by atoms with Crippen molar-refractivity contribution < 1.29 is 9.59 Å². The summed E-state index contributed by atoms with van der Waals surface area (Å²) in [7, 11) is 0. The van der Waals surface area contributed by atoms with Crippen LogP contribution < -0.4 is 10.6 Å². The van der Waals surface area contributed by atoms with Gasteiger partial charge in [-0.2, -0.15) is 4.68 Å². The van der Waals surface area contributed by atoms with Crippen LogP contribution in [0.25, 0.3) is 5.69 Å². The van der Waals surface area contributed by atoms with Crippen molar-refractivity contribution in [2.24, 2.45) is 0 Å². The van der Waals surface area contributed by atoms with Gasteiger partial charge in [0.25, 0.3) is 0 Å². The van der Waals surface area contributed by atoms with Gasteiger partial charge in [-0.3, -0.25) is 9.59 Å². The van der Waals surface area contributed by atoms with E-state index in [2.05, 4.69) is 32.2 Å². The second kappa shape index (κ2) is 9.33. The molecule has 0 aliphatic carbocycles. The van der Waals surface area contributed by atoms with Crippen LogP contribution in [0, 0.1) is 13.8 Å². The minimum absolute atomic E-state index is 0.122. The third-order valence-corrected chi connectivity index (χ3v) is 4.59. The Morgan fingerprint density at radius 2 is 2.08 bits per heavy atom. The minimum Gasteiger partial charge on any atom is -0.354 e. The number of benzene rings is 1. The van der Waals surface area contributed by atoms with Crippen LogP contribution in [0.4, 0.5) is 0 Å². The molecule has 0 saturated carbocycles. The molecule has 26 heavy (non-hydrogen) atoms. The van der Waals surface area contributed by atoms with E-state index >= 15 is 0 Å². The Labute approximate surface area is 157 Å². The van der Waals surface area contributed by atoms with E-state index < -0.39 is 6.04 Å². The average molecular weight is 376 g/mol. The fourth-order valence-electron chi connectivity index (χ4n) is 2.34. The Balaban J connectivity index is 1.95. The standard InChI is InChI=1S/C17H24N6O2S/c1-5-8-18-16(25)13(4)19-15(24)10-26-17-20-21-22-23(17)14-7-6-11(2)9-12(14)3/h6-7,9,13H,5,8,10H2,1-4H3,(H,18,25)(H,19,24)/t13-/m0/s1. The van der Waals surface area contributed by atoms with Crippen LogP contribution in [0.5, 0.6) is 0 Å². The lowest BCUT2D eigenvalue weighted by Gasteiger charge is -2.13. The molecule has 2 N–H and O–H groups in total. The van der Waals surface area contributed by atoms with E-state index in [9.17, 15) is 9.59 Å². The highest BCUT2D eigenvalue weighted by Crippen LogP contribution is 2.21. The van der Waals surface area contributed by atoms with Gasteiger partial charge in [-0.15, -0.1) is 5.10 Å². The first-order valence-electron chi connectivity index (χ1n) is 8.48. The SMILES string of the molecule is CCCNC(=O)[C@H](C)NC(=O)CSc1nnnn1-c1ccc(C)cc1C. The highest BCUT2D eigenvalue weighted by atomic mass is 32.2. The van der Waals surface area contributed by atoms with Crippen LogP contribution in [0.1, 0.15) is 31.4 Å². The Bertz CT molecular complexity index is 776. The Morgan fingerprint density at radius 1 is 1.31 bits per heavy atom. The lowest BCUT2D eigenvalue weighted by molar-refractivity contribution is -0.127. The van der Waals surface area contributed by atoms with Crippen molar-refractivity contribution in [2.45, 2.75) is 45.3 Å². The van der Waals surface area contributed by atoms with Crippen molar-refractivity contribution >= 4 is 23.6 Å². The Morgan fingerprint density at radius 3 is 2.77 bits per heavy atom. The van der Waals surface area contributed by atoms with E-state index in [4.69, 9.17) is 0 Å². The maximum absolute atomic E-state index is 12.1. The number of aromatic nitrogens is 4. The summed E-state index contributed by atoms with van der Waals surface area (Å²) < 4.78 is 1.62. The van der Waals surface area contributed by atoms with Crippen LogP contribution in [0.15, 0.2) is 23.4 Å².